The minimum absolute atomic E-state index is 0.0267. The van der Waals surface area contributed by atoms with Crippen molar-refractivity contribution in [2.45, 2.75) is 57.7 Å². The van der Waals surface area contributed by atoms with Crippen molar-refractivity contribution < 1.29 is 33.6 Å². The number of nitrogens with zero attached hydrogens (tertiary/aromatic N) is 4. The zero-order valence-corrected chi connectivity index (χ0v) is 23.5. The van der Waals surface area contributed by atoms with Gasteiger partial charge in [0.2, 0.25) is 18.7 Å². The van der Waals surface area contributed by atoms with Gasteiger partial charge in [-0.1, -0.05) is 0 Å². The summed E-state index contributed by atoms with van der Waals surface area (Å²) in [6, 6.07) is -3.40. The number of carbonyl (C=O) groups is 7. The molecule has 0 saturated carbocycles. The van der Waals surface area contributed by atoms with E-state index in [0.717, 1.165) is 4.90 Å². The lowest BCUT2D eigenvalue weighted by atomic mass is 9.91. The zero-order valence-electron chi connectivity index (χ0n) is 23.5. The molecule has 2 heterocycles. The number of rotatable bonds is 18. The summed E-state index contributed by atoms with van der Waals surface area (Å²) in [7, 11) is 0. The van der Waals surface area contributed by atoms with Gasteiger partial charge >= 0.3 is 6.03 Å². The maximum absolute atomic E-state index is 13.4. The minimum atomic E-state index is -1.25. The third-order valence-corrected chi connectivity index (χ3v) is 7.37. The van der Waals surface area contributed by atoms with Crippen molar-refractivity contribution >= 4 is 48.2 Å². The Morgan fingerprint density at radius 3 is 2.34 bits per heavy atom. The van der Waals surface area contributed by atoms with Crippen LogP contribution in [-0.2, 0) is 28.8 Å². The van der Waals surface area contributed by atoms with Crippen molar-refractivity contribution in [1.82, 2.24) is 30.7 Å². The number of hydrogen-bond acceptors (Lipinski definition) is 9. The predicted octanol–water partition coefficient (Wildman–Crippen LogP) is -3.09. The van der Waals surface area contributed by atoms with Gasteiger partial charge in [0.15, 0.2) is 5.96 Å². The molecule has 0 aromatic heterocycles. The van der Waals surface area contributed by atoms with E-state index in [1.165, 1.54) is 11.8 Å². The Labute approximate surface area is 238 Å². The number of nitrogens with two attached hydrogens (primary N) is 2. The van der Waals surface area contributed by atoms with Gasteiger partial charge < -0.3 is 32.3 Å². The molecule has 0 bridgehead atoms. The van der Waals surface area contributed by atoms with Crippen LogP contribution in [-0.4, -0.2) is 127 Å². The fourth-order valence-corrected chi connectivity index (χ4v) is 4.93. The Morgan fingerprint density at radius 1 is 1.10 bits per heavy atom. The monoisotopic (exact) mass is 579 g/mol. The number of guanidine groups is 1. The summed E-state index contributed by atoms with van der Waals surface area (Å²) < 4.78 is 0. The van der Waals surface area contributed by atoms with Gasteiger partial charge in [-0.15, -0.1) is 0 Å². The van der Waals surface area contributed by atoms with Crippen LogP contribution >= 0.6 is 0 Å². The van der Waals surface area contributed by atoms with Gasteiger partial charge in [0.1, 0.15) is 23.7 Å². The highest BCUT2D eigenvalue weighted by Gasteiger charge is 2.45. The molecule has 0 spiro atoms. The van der Waals surface area contributed by atoms with Crippen LogP contribution in [0.2, 0.25) is 0 Å². The number of carbonyl (C=O) groups excluding carboxylic acids is 7. The van der Waals surface area contributed by atoms with Crippen molar-refractivity contribution in [3.63, 3.8) is 0 Å². The Kier molecular flexibility index (Phi) is 13.1. The lowest BCUT2D eigenvalue weighted by Crippen LogP contribution is -2.60. The lowest BCUT2D eigenvalue weighted by Gasteiger charge is -2.39. The quantitative estimate of drug-likeness (QED) is 0.0361. The van der Waals surface area contributed by atoms with Crippen LogP contribution in [0.5, 0.6) is 0 Å². The summed E-state index contributed by atoms with van der Waals surface area (Å²) in [4.78, 5) is 93.7. The smallest absolute Gasteiger partial charge is 0.325 e. The molecule has 228 valence electrons. The van der Waals surface area contributed by atoms with Crippen LogP contribution in [0.15, 0.2) is 4.99 Å². The highest BCUT2D eigenvalue weighted by atomic mass is 16.2. The van der Waals surface area contributed by atoms with Crippen LogP contribution in [0, 0.1) is 5.92 Å². The van der Waals surface area contributed by atoms with E-state index in [9.17, 15) is 33.6 Å². The molecule has 0 aliphatic carbocycles. The summed E-state index contributed by atoms with van der Waals surface area (Å²) in [5.41, 5.74) is 10.6. The molecule has 2 fully saturated rings. The Bertz CT molecular complexity index is 1010. The number of aliphatic imine (C=N–C) groups is 1. The van der Waals surface area contributed by atoms with Crippen LogP contribution in [0.25, 0.3) is 0 Å². The summed E-state index contributed by atoms with van der Waals surface area (Å²) in [6.45, 7) is 4.69. The summed E-state index contributed by atoms with van der Waals surface area (Å²) in [6.07, 6.45) is 2.15. The molecular formula is C25H41N9O7. The van der Waals surface area contributed by atoms with Gasteiger partial charge in [-0.05, 0) is 33.1 Å². The number of hydrogen-bond donors (Lipinski definition) is 5. The normalized spacial score (nSPS) is 19.5. The first kappa shape index (κ1) is 33.1. The topological polar surface area (TPSA) is 230 Å². The first-order chi connectivity index (χ1) is 19.5. The van der Waals surface area contributed by atoms with E-state index < -0.39 is 41.9 Å². The first-order valence-electron chi connectivity index (χ1n) is 13.6. The molecule has 4 atom stereocenters. The SMILES string of the molecule is CC(=O)[C@@H](CCCN=C(N)N)CC(=O)[C@H](C)N1CCN(C(=O)[C@H](CNC=O)N2C(=O)N[C@@H](CCNC=O)C2=O)CC1. The molecule has 41 heavy (non-hydrogen) atoms. The Hall–Kier alpha value is -4.08. The third-order valence-electron chi connectivity index (χ3n) is 7.37. The molecule has 0 aromatic rings. The van der Waals surface area contributed by atoms with Gasteiger partial charge in [-0.25, -0.2) is 9.69 Å². The molecule has 16 heteroatoms. The molecule has 0 radical (unpaired) electrons. The van der Waals surface area contributed by atoms with Crippen molar-refractivity contribution in [3.8, 4) is 0 Å². The van der Waals surface area contributed by atoms with Crippen molar-refractivity contribution in [1.29, 1.82) is 0 Å². The molecule has 16 nitrogen and oxygen atoms in total. The number of piperazine rings is 1. The second kappa shape index (κ2) is 16.2. The number of amides is 6. The fraction of sp³-hybridized carbons (Fsp3) is 0.680. The fourth-order valence-electron chi connectivity index (χ4n) is 4.93. The van der Waals surface area contributed by atoms with Crippen molar-refractivity contribution in [2.75, 3.05) is 45.8 Å². The van der Waals surface area contributed by atoms with Crippen molar-refractivity contribution in [2.24, 2.45) is 22.4 Å². The highest BCUT2D eigenvalue weighted by Crippen LogP contribution is 2.19. The minimum Gasteiger partial charge on any atom is -0.370 e. The zero-order chi connectivity index (χ0) is 30.5. The van der Waals surface area contributed by atoms with E-state index in [2.05, 4.69) is 20.9 Å². The molecule has 0 aromatic carbocycles. The Morgan fingerprint density at radius 2 is 1.76 bits per heavy atom. The molecule has 2 aliphatic rings. The molecular weight excluding hydrogens is 538 g/mol. The van der Waals surface area contributed by atoms with E-state index in [1.54, 1.807) is 6.92 Å². The average molecular weight is 580 g/mol. The molecule has 0 unspecified atom stereocenters. The largest absolute Gasteiger partial charge is 0.370 e. The number of urea groups is 1. The molecule has 2 saturated heterocycles. The van der Waals surface area contributed by atoms with Crippen LogP contribution in [0.1, 0.15) is 39.5 Å². The van der Waals surface area contributed by atoms with E-state index in [-0.39, 0.29) is 56.5 Å². The second-order valence-electron chi connectivity index (χ2n) is 10.1. The highest BCUT2D eigenvalue weighted by molar-refractivity contribution is 6.07. The van der Waals surface area contributed by atoms with Gasteiger partial charge in [0.05, 0.1) is 6.04 Å². The predicted molar refractivity (Wildman–Crippen MR) is 147 cm³/mol. The van der Waals surface area contributed by atoms with Crippen LogP contribution in [0.4, 0.5) is 4.79 Å². The standard InChI is InChI=1S/C25H41N9O7/c1-16(21(38)12-18(17(2)37)4-3-6-30-24(26)27)32-8-10-33(11-9-32)23(40)20(13-29-15-36)34-22(39)19(31-25(34)41)5-7-28-14-35/h14-16,18-20H,3-13H2,1-2H3,(H,28,35)(H,29,36)(H,31,41)(H4,26,27,30)/t16-,18-,19-,20-/m0/s1. The summed E-state index contributed by atoms with van der Waals surface area (Å²) in [5.74, 6) is -1.76. The van der Waals surface area contributed by atoms with E-state index in [0.29, 0.717) is 45.3 Å². The first-order valence-corrected chi connectivity index (χ1v) is 13.6. The van der Waals surface area contributed by atoms with Gasteiger partial charge in [-0.2, -0.15) is 0 Å². The van der Waals surface area contributed by atoms with E-state index in [1.807, 2.05) is 4.90 Å². The third kappa shape index (κ3) is 9.51. The molecule has 6 amide bonds. The van der Waals surface area contributed by atoms with E-state index in [4.69, 9.17) is 11.5 Å². The summed E-state index contributed by atoms with van der Waals surface area (Å²) >= 11 is 0. The average Bonchev–Trinajstić information content (AvgIpc) is 3.22. The molecule has 2 aliphatic heterocycles. The second-order valence-corrected chi connectivity index (χ2v) is 10.1. The van der Waals surface area contributed by atoms with Gasteiger partial charge in [0, 0.05) is 58.2 Å². The van der Waals surface area contributed by atoms with Crippen molar-refractivity contribution in [3.05, 3.63) is 0 Å². The van der Waals surface area contributed by atoms with Crippen LogP contribution in [0.3, 0.4) is 0 Å². The maximum atomic E-state index is 13.4. The molecule has 2 rings (SSSR count). The number of ketones is 2. The number of nitrogens with one attached hydrogen (secondary N) is 3. The number of imide groups is 1. The summed E-state index contributed by atoms with van der Waals surface area (Å²) in [5, 5.41) is 7.32. The number of Topliss-reactive ketones (excluding diaryl/α,β-unsaturated/α-hetero) is 2. The molecule has 7 N–H and O–H groups in total. The lowest BCUT2D eigenvalue weighted by molar-refractivity contribution is -0.144. The van der Waals surface area contributed by atoms with Gasteiger partial charge in [0.25, 0.3) is 5.91 Å². The Balaban J connectivity index is 1.98. The van der Waals surface area contributed by atoms with Gasteiger partial charge in [-0.3, -0.25) is 38.7 Å². The van der Waals surface area contributed by atoms with E-state index >= 15 is 0 Å². The maximum Gasteiger partial charge on any atom is 0.325 e. The van der Waals surface area contributed by atoms with Crippen LogP contribution < -0.4 is 27.4 Å².